The summed E-state index contributed by atoms with van der Waals surface area (Å²) in [7, 11) is -6.07. The third-order valence-electron chi connectivity index (χ3n) is 23.0. The molecule has 758 valence electrons. The summed E-state index contributed by atoms with van der Waals surface area (Å²) in [6, 6.07) is 28.8. The standard InChI is InChI=1S/C23H23BrO4.C16H21NO2S.C14H18O3.C12H14O3.C12H14O2.C9H6Br2O.C7H10BNO2.C4H9NO.C2H6O.CH2O3.CH4.ClH.2K.Na.H2O4S.H2O.H/c1-3-26-21(25)12-17-9-14(2)18-5-4-6-19(18)22(17)28-13-15-10-16-7-8-27-23(16)20(24)11-15;1-11-9-12(16(18)14-4-2-3-13(11)14)10-15(20)17-5-7-19-8-6-17;1-3-17-13(15)8-10-7-9(2)11-5-4-6-12(11)14(10)16;1-7-5-8(6-11(13)14)12(15)10-4-2-3-9(7)10;1-7-6-11(8(2)13)12(14)10-5-3-4-9(7)10;10-5-6-3-7-1-2-12-9(7)8(11)4-6;9-5-6-2-1-3-7(4-6)8(10)11;1-3-6-4-2-5-1;1-2-3;2-1-4-3;;;;;;1-5(2,3)4;;/h7-11H,3-6,12-13H2,1-2H3;9,18H,2-8,10H2,1H3;7,16H,3-6,8H2,1-2H3;5,15H,2-4,6H2,1H3,(H,13,14);6,14H,3-5H2,1-2H3;1-4H,5H2;1-4,10-11H,5,9H2;5H,1-4H2;3H,2H2,1H3;1,3H;1H4;1H;;;;(H2,1,2,3,4);1H2;/q;;;;;;;;;;;;3*+1;;;-1/p-2. The van der Waals surface area contributed by atoms with Crippen LogP contribution < -0.4 is 159 Å². The van der Waals surface area contributed by atoms with Gasteiger partial charge < -0.3 is 106 Å². The number of aliphatic carboxylic acids is 1. The van der Waals surface area contributed by atoms with Crippen molar-refractivity contribution in [3.8, 4) is 28.7 Å². The molecule has 141 heavy (non-hydrogen) atoms. The van der Waals surface area contributed by atoms with Gasteiger partial charge in [-0.15, -0.1) is 12.4 Å². The fraction of sp³-hybridized carbons (Fsp3) is 0.426. The minimum absolute atomic E-state index is 0. The van der Waals surface area contributed by atoms with Crippen LogP contribution in [0, 0.1) is 34.6 Å². The second kappa shape index (κ2) is 69.2. The molecule has 0 saturated carbocycles. The van der Waals surface area contributed by atoms with E-state index in [0.717, 1.165) is 252 Å². The molecule has 0 radical (unpaired) electrons. The number of hydrogen-bond donors (Lipinski definition) is 12. The average molecular weight is 2270 g/mol. The molecule has 2 aliphatic heterocycles. The molecule has 0 bridgehead atoms. The van der Waals surface area contributed by atoms with E-state index in [1.165, 1.54) is 62.6 Å². The first-order valence-electron chi connectivity index (χ1n) is 44.8. The molecule has 30 nitrogen and oxygen atoms in total. The third kappa shape index (κ3) is 42.4. The van der Waals surface area contributed by atoms with Crippen molar-refractivity contribution in [1.29, 1.82) is 0 Å². The Labute approximate surface area is 972 Å². The Kier molecular flexibility index (Phi) is 65.7. The van der Waals surface area contributed by atoms with Crippen LogP contribution in [0.2, 0.25) is 0 Å². The molecule has 2 fully saturated rings. The molecule has 0 spiro atoms. The number of furan rings is 2. The number of nitrogens with two attached hydrogens (primary N) is 1. The van der Waals surface area contributed by atoms with Crippen LogP contribution in [0.15, 0.2) is 121 Å². The van der Waals surface area contributed by atoms with Gasteiger partial charge in [0, 0.05) is 84.1 Å². The number of phenols is 4. The number of esters is 2. The molecule has 40 heteroatoms. The maximum absolute atomic E-state index is 12.1. The zero-order valence-electron chi connectivity index (χ0n) is 82.6. The van der Waals surface area contributed by atoms with Crippen LogP contribution in [0.1, 0.15) is 201 Å². The summed E-state index contributed by atoms with van der Waals surface area (Å²) in [5.74, 6) is 0.617. The molecule has 14 N–H and O–H groups in total. The number of halogens is 4. The fourth-order valence-electron chi connectivity index (χ4n) is 17.0. The van der Waals surface area contributed by atoms with E-state index in [-0.39, 0.29) is 221 Å². The summed E-state index contributed by atoms with van der Waals surface area (Å²) in [5.41, 5.74) is 32.2. The number of carbonyl (C=O) groups excluding carboxylic acids is 4. The van der Waals surface area contributed by atoms with Gasteiger partial charge in [0.25, 0.3) is 6.47 Å². The summed E-state index contributed by atoms with van der Waals surface area (Å²) < 4.78 is 71.0. The monoisotopic (exact) mass is 2270 g/mol. The number of benzene rings is 8. The number of nitrogens with zero attached hydrogens (tertiary/aromatic N) is 1. The number of alkyl halides is 1. The predicted octanol–water partition coefficient (Wildman–Crippen LogP) is 6.88. The number of aromatic hydroxyl groups is 4. The molecule has 5 aliphatic carbocycles. The van der Waals surface area contributed by atoms with Gasteiger partial charge in [0.15, 0.2) is 5.78 Å². The predicted molar refractivity (Wildman–Crippen MR) is 547 cm³/mol. The molecule has 7 aliphatic rings. The molecule has 17 rings (SSSR count). The number of rotatable bonds is 18. The number of nitrogens with one attached hydrogen (secondary N) is 1. The van der Waals surface area contributed by atoms with Gasteiger partial charge >= 0.3 is 168 Å². The Bertz CT molecular complexity index is 5800. The number of carboxylic acids is 1. The summed E-state index contributed by atoms with van der Waals surface area (Å²) >= 11 is 16.0. The van der Waals surface area contributed by atoms with Crippen molar-refractivity contribution in [1.82, 2.24) is 10.2 Å². The van der Waals surface area contributed by atoms with Gasteiger partial charge in [-0.2, -0.15) is 8.42 Å². The number of fused-ring (bicyclic) bond motifs is 7. The van der Waals surface area contributed by atoms with Crippen molar-refractivity contribution < 1.29 is 264 Å². The van der Waals surface area contributed by atoms with Crippen molar-refractivity contribution in [2.75, 3.05) is 72.4 Å². The van der Waals surface area contributed by atoms with Crippen molar-refractivity contribution in [3.63, 3.8) is 0 Å². The maximum Gasteiger partial charge on any atom is 1.00 e. The Balaban J connectivity index is 0.00000160. The normalized spacial score (nSPS) is 13.1. The van der Waals surface area contributed by atoms with Crippen LogP contribution in [0.4, 0.5) is 0 Å². The summed E-state index contributed by atoms with van der Waals surface area (Å²) in [6.45, 7) is 25.8. The number of ether oxygens (including phenoxy) is 5. The number of morpholine rings is 2. The molecule has 2 aromatic heterocycles. The van der Waals surface area contributed by atoms with E-state index in [9.17, 15) is 39.6 Å². The van der Waals surface area contributed by atoms with Crippen molar-refractivity contribution in [3.05, 3.63) is 240 Å². The number of ketones is 1. The first-order chi connectivity index (χ1) is 64.4. The molecule has 4 heterocycles. The molecular formula is C101H131BBr3ClK2N3NaO27S2. The van der Waals surface area contributed by atoms with Crippen LogP contribution >= 0.6 is 72.4 Å². The summed E-state index contributed by atoms with van der Waals surface area (Å²) in [5, 5.41) is 88.9. The molecular weight excluding hydrogens is 2140 g/mol. The fourth-order valence-corrected chi connectivity index (χ4v) is 18.9. The van der Waals surface area contributed by atoms with Crippen molar-refractivity contribution in [2.24, 2.45) is 5.73 Å². The number of aliphatic hydroxyl groups is 1. The van der Waals surface area contributed by atoms with Gasteiger partial charge in [0.2, 0.25) is 0 Å². The van der Waals surface area contributed by atoms with Crippen LogP contribution in [0.25, 0.3) is 21.9 Å². The number of thiocarbonyl (C=S) groups is 1. The van der Waals surface area contributed by atoms with Gasteiger partial charge in [-0.3, -0.25) is 33.1 Å². The Morgan fingerprint density at radius 2 is 0.943 bits per heavy atom. The second-order valence-corrected chi connectivity index (χ2v) is 36.2. The van der Waals surface area contributed by atoms with Gasteiger partial charge in [0.05, 0.1) is 90.9 Å². The maximum atomic E-state index is 12.1. The molecule has 0 amide bonds. The number of carbonyl (C=O) groups is 5. The Hall–Kier alpha value is -5.14. The van der Waals surface area contributed by atoms with E-state index in [1.807, 2.05) is 64.1 Å². The topological polar surface area (TPSA) is 498 Å². The second-order valence-electron chi connectivity index (χ2n) is 32.6. The minimum atomic E-state index is -4.67. The quantitative estimate of drug-likeness (QED) is 0.00479. The van der Waals surface area contributed by atoms with Gasteiger partial charge in [-0.25, -0.2) is 0 Å². The van der Waals surface area contributed by atoms with Crippen molar-refractivity contribution in [2.45, 2.75) is 210 Å². The number of aryl methyl sites for hydroxylation is 5. The zero-order valence-corrected chi connectivity index (χ0v) is 97.1. The number of phenolic OH excluding ortho intramolecular Hbond substituents is 4. The summed E-state index contributed by atoms with van der Waals surface area (Å²) in [6.07, 6.45) is 19.8. The van der Waals surface area contributed by atoms with E-state index in [0.29, 0.717) is 66.4 Å². The van der Waals surface area contributed by atoms with E-state index >= 15 is 0 Å². The SMILES string of the molecule is BrCc1cc(Br)c2occc2c1.C.C1COCCN1.CC(=O)c1cc(C)c2c(c1O)CCC2.CCO.CCOC(=O)Cc1cc(C)c2c(c1O)CCC2.CCOC(=O)Cc1cc(C)c2c(c1OCc1cc(Br)c3occc3c1)CCC2.Cc1cc(CC(=O)O)c(O)c2c1CCC2.Cc1cc(CC(=S)N2CCOCC2)c(O)c2c1CCC2.Cl.NCc1cccc(B(O)O)c1.O=CO[O-].O=S(=O)(O)O.[H-].[K+].[K+].[Na+].[OH-]. The van der Waals surface area contributed by atoms with Gasteiger partial charge in [-0.05, 0) is 339 Å². The van der Waals surface area contributed by atoms with Gasteiger partial charge in [0.1, 0.15) is 46.5 Å². The third-order valence-corrected chi connectivity index (χ3v) is 25.2. The van der Waals surface area contributed by atoms with Crippen LogP contribution in [-0.2, 0) is 162 Å². The van der Waals surface area contributed by atoms with E-state index in [4.69, 9.17) is 98.3 Å². The number of carboxylic acid groups (broad SMARTS) is 1. The number of Topliss-reactive ketones (excluding diaryl/α,β-unsaturated/α-hetero) is 1. The zero-order chi connectivity index (χ0) is 99.2. The minimum Gasteiger partial charge on any atom is -1.00 e. The average Bonchev–Trinajstić information content (AvgIpc) is 1.61. The van der Waals surface area contributed by atoms with E-state index in [1.54, 1.807) is 50.6 Å². The molecule has 8 aromatic carbocycles. The van der Waals surface area contributed by atoms with Crippen molar-refractivity contribution >= 4 is 152 Å². The Morgan fingerprint density at radius 3 is 1.33 bits per heavy atom. The first kappa shape index (κ1) is 134. The van der Waals surface area contributed by atoms with Gasteiger partial charge in [-0.1, -0.05) is 84.1 Å². The van der Waals surface area contributed by atoms with E-state index < -0.39 is 23.5 Å². The molecule has 0 atom stereocenters. The molecule has 2 saturated heterocycles. The number of aliphatic hydroxyl groups excluding tert-OH is 1. The Morgan fingerprint density at radius 1 is 0.574 bits per heavy atom. The van der Waals surface area contributed by atoms with Crippen LogP contribution in [0.5, 0.6) is 28.7 Å². The summed E-state index contributed by atoms with van der Waals surface area (Å²) in [4.78, 5) is 59.8. The number of hydrogen-bond acceptors (Lipinski definition) is 27. The molecule has 0 unspecified atom stereocenters. The largest absolute Gasteiger partial charge is 1.00 e. The van der Waals surface area contributed by atoms with E-state index in [2.05, 4.69) is 107 Å². The van der Waals surface area contributed by atoms with Crippen LogP contribution in [0.3, 0.4) is 0 Å². The molecule has 10 aromatic rings. The smallest absolute Gasteiger partial charge is 1.00 e. The van der Waals surface area contributed by atoms with Crippen LogP contribution in [-0.4, -0.2) is 183 Å². The first-order valence-corrected chi connectivity index (χ1v) is 49.3.